The van der Waals surface area contributed by atoms with Crippen molar-refractivity contribution in [1.82, 2.24) is 14.9 Å². The third kappa shape index (κ3) is 5.27. The van der Waals surface area contributed by atoms with E-state index in [4.69, 9.17) is 0 Å². The molecular formula is C14H25N3S. The number of rotatable bonds is 10. The lowest BCUT2D eigenvalue weighted by atomic mass is 10.0. The van der Waals surface area contributed by atoms with Crippen LogP contribution in [0, 0.1) is 6.92 Å². The van der Waals surface area contributed by atoms with Crippen LogP contribution < -0.4 is 5.32 Å². The van der Waals surface area contributed by atoms with Crippen LogP contribution in [0.3, 0.4) is 0 Å². The predicted molar refractivity (Wildman–Crippen MR) is 79.0 cm³/mol. The van der Waals surface area contributed by atoms with Gasteiger partial charge in [-0.15, -0.1) is 11.7 Å². The second kappa shape index (κ2) is 9.22. The second-order valence-corrected chi connectivity index (χ2v) is 5.44. The van der Waals surface area contributed by atoms with Gasteiger partial charge in [0, 0.05) is 6.04 Å². The van der Waals surface area contributed by atoms with E-state index < -0.39 is 0 Å². The van der Waals surface area contributed by atoms with Gasteiger partial charge in [0.15, 0.2) is 0 Å². The molecule has 0 radical (unpaired) electrons. The number of aromatic nitrogens is 2. The smallest absolute Gasteiger partial charge is 0.0772 e. The van der Waals surface area contributed by atoms with Crippen molar-refractivity contribution in [2.24, 2.45) is 0 Å². The molecule has 0 amide bonds. The molecule has 1 aromatic heterocycles. The van der Waals surface area contributed by atoms with E-state index in [2.05, 4.69) is 35.3 Å². The highest BCUT2D eigenvalue weighted by molar-refractivity contribution is 7.05. The molecule has 0 aliphatic rings. The SMILES string of the molecule is C=CCCCCCC(NCCC)c1snnc1C. The van der Waals surface area contributed by atoms with Crippen LogP contribution >= 0.6 is 11.5 Å². The lowest BCUT2D eigenvalue weighted by Gasteiger charge is -2.17. The Hall–Kier alpha value is -0.740. The van der Waals surface area contributed by atoms with E-state index in [1.165, 1.54) is 42.1 Å². The molecule has 0 saturated heterocycles. The van der Waals surface area contributed by atoms with E-state index in [9.17, 15) is 0 Å². The molecule has 0 aromatic carbocycles. The Balaban J connectivity index is 2.41. The predicted octanol–water partition coefficient (Wildman–Crippen LogP) is 4.02. The van der Waals surface area contributed by atoms with Crippen LogP contribution in [0.15, 0.2) is 12.7 Å². The van der Waals surface area contributed by atoms with Gasteiger partial charge in [0.2, 0.25) is 0 Å². The highest BCUT2D eigenvalue weighted by Crippen LogP contribution is 2.25. The molecule has 1 unspecified atom stereocenters. The van der Waals surface area contributed by atoms with Gasteiger partial charge in [-0.2, -0.15) is 0 Å². The molecule has 0 bridgehead atoms. The minimum absolute atomic E-state index is 0.439. The summed E-state index contributed by atoms with van der Waals surface area (Å²) in [6.45, 7) is 9.08. The number of nitrogens with one attached hydrogen (secondary N) is 1. The van der Waals surface area contributed by atoms with Gasteiger partial charge in [-0.05, 0) is 50.7 Å². The van der Waals surface area contributed by atoms with Crippen LogP contribution in [0.5, 0.6) is 0 Å². The summed E-state index contributed by atoms with van der Waals surface area (Å²) >= 11 is 1.54. The summed E-state index contributed by atoms with van der Waals surface area (Å²) in [5, 5.41) is 7.73. The van der Waals surface area contributed by atoms with Crippen LogP contribution in [0.25, 0.3) is 0 Å². The molecule has 0 saturated carbocycles. The van der Waals surface area contributed by atoms with Crippen LogP contribution in [0.2, 0.25) is 0 Å². The lowest BCUT2D eigenvalue weighted by molar-refractivity contribution is 0.476. The maximum Gasteiger partial charge on any atom is 0.0772 e. The van der Waals surface area contributed by atoms with E-state index in [1.54, 1.807) is 0 Å². The fourth-order valence-electron chi connectivity index (χ4n) is 2.02. The summed E-state index contributed by atoms with van der Waals surface area (Å²) in [4.78, 5) is 1.31. The third-order valence-electron chi connectivity index (χ3n) is 3.04. The van der Waals surface area contributed by atoms with Gasteiger partial charge >= 0.3 is 0 Å². The number of hydrogen-bond donors (Lipinski definition) is 1. The van der Waals surface area contributed by atoms with E-state index in [1.807, 2.05) is 6.08 Å². The van der Waals surface area contributed by atoms with Gasteiger partial charge in [-0.3, -0.25) is 0 Å². The standard InChI is InChI=1S/C14H25N3S/c1-4-6-7-8-9-10-13(15-11-5-2)14-12(3)16-17-18-14/h4,13,15H,1,5-11H2,2-3H3. The fourth-order valence-corrected chi connectivity index (χ4v) is 2.77. The Morgan fingerprint density at radius 3 is 2.83 bits per heavy atom. The quantitative estimate of drug-likeness (QED) is 0.514. The Morgan fingerprint density at radius 1 is 1.39 bits per heavy atom. The molecule has 0 fully saturated rings. The minimum atomic E-state index is 0.439. The van der Waals surface area contributed by atoms with Crippen molar-refractivity contribution in [3.05, 3.63) is 23.2 Å². The summed E-state index contributed by atoms with van der Waals surface area (Å²) in [6, 6.07) is 0.439. The van der Waals surface area contributed by atoms with Gasteiger partial charge in [-0.25, -0.2) is 0 Å². The molecule has 1 heterocycles. The van der Waals surface area contributed by atoms with E-state index in [0.717, 1.165) is 25.1 Å². The average molecular weight is 267 g/mol. The minimum Gasteiger partial charge on any atom is -0.309 e. The van der Waals surface area contributed by atoms with E-state index >= 15 is 0 Å². The van der Waals surface area contributed by atoms with Crippen LogP contribution in [-0.4, -0.2) is 16.1 Å². The molecular weight excluding hydrogens is 242 g/mol. The molecule has 1 N–H and O–H groups in total. The molecule has 0 spiro atoms. The van der Waals surface area contributed by atoms with Gasteiger partial charge in [0.05, 0.1) is 10.6 Å². The number of nitrogens with zero attached hydrogens (tertiary/aromatic N) is 2. The Morgan fingerprint density at radius 2 is 2.22 bits per heavy atom. The van der Waals surface area contributed by atoms with Gasteiger partial charge in [0.25, 0.3) is 0 Å². The maximum atomic E-state index is 4.12. The highest BCUT2D eigenvalue weighted by Gasteiger charge is 2.15. The van der Waals surface area contributed by atoms with Crippen molar-refractivity contribution < 1.29 is 0 Å². The van der Waals surface area contributed by atoms with Crippen molar-refractivity contribution in [3.8, 4) is 0 Å². The molecule has 0 aliphatic heterocycles. The van der Waals surface area contributed by atoms with Gasteiger partial charge < -0.3 is 5.32 Å². The second-order valence-electron chi connectivity index (χ2n) is 4.66. The summed E-state index contributed by atoms with van der Waals surface area (Å²) in [5.41, 5.74) is 1.08. The fraction of sp³-hybridized carbons (Fsp3) is 0.714. The Kier molecular flexibility index (Phi) is 7.85. The number of hydrogen-bond acceptors (Lipinski definition) is 4. The van der Waals surface area contributed by atoms with Gasteiger partial charge in [-0.1, -0.05) is 30.3 Å². The van der Waals surface area contributed by atoms with Crippen LogP contribution in [0.4, 0.5) is 0 Å². The molecule has 3 nitrogen and oxygen atoms in total. The Bertz CT molecular complexity index is 336. The van der Waals surface area contributed by atoms with Crippen molar-refractivity contribution in [2.75, 3.05) is 6.54 Å². The molecule has 0 aliphatic carbocycles. The zero-order chi connectivity index (χ0) is 13.2. The molecule has 1 atom stereocenters. The first-order valence-electron chi connectivity index (χ1n) is 6.92. The summed E-state index contributed by atoms with van der Waals surface area (Å²) in [7, 11) is 0. The topological polar surface area (TPSA) is 37.8 Å². The number of unbranched alkanes of at least 4 members (excludes halogenated alkanes) is 3. The first kappa shape index (κ1) is 15.3. The van der Waals surface area contributed by atoms with Crippen LogP contribution in [0.1, 0.15) is 62.1 Å². The Labute approximate surface area is 115 Å². The third-order valence-corrected chi connectivity index (χ3v) is 3.98. The van der Waals surface area contributed by atoms with E-state index in [-0.39, 0.29) is 0 Å². The largest absolute Gasteiger partial charge is 0.309 e. The first-order chi connectivity index (χ1) is 8.79. The molecule has 1 rings (SSSR count). The van der Waals surface area contributed by atoms with Crippen molar-refractivity contribution in [2.45, 2.75) is 58.4 Å². The molecule has 4 heteroatoms. The molecule has 1 aromatic rings. The van der Waals surface area contributed by atoms with Crippen molar-refractivity contribution in [3.63, 3.8) is 0 Å². The summed E-state index contributed by atoms with van der Waals surface area (Å²) in [6.07, 6.45) is 9.27. The first-order valence-corrected chi connectivity index (χ1v) is 7.70. The molecule has 102 valence electrons. The lowest BCUT2D eigenvalue weighted by Crippen LogP contribution is -2.22. The monoisotopic (exact) mass is 267 g/mol. The van der Waals surface area contributed by atoms with Crippen LogP contribution in [-0.2, 0) is 0 Å². The zero-order valence-electron chi connectivity index (χ0n) is 11.6. The maximum absolute atomic E-state index is 4.12. The summed E-state index contributed by atoms with van der Waals surface area (Å²) < 4.78 is 4.05. The van der Waals surface area contributed by atoms with Crippen molar-refractivity contribution in [1.29, 1.82) is 0 Å². The average Bonchev–Trinajstić information content (AvgIpc) is 2.79. The van der Waals surface area contributed by atoms with E-state index in [0.29, 0.717) is 6.04 Å². The molecule has 18 heavy (non-hydrogen) atoms. The zero-order valence-corrected chi connectivity index (χ0v) is 12.4. The highest BCUT2D eigenvalue weighted by atomic mass is 32.1. The normalized spacial score (nSPS) is 12.6. The van der Waals surface area contributed by atoms with Crippen molar-refractivity contribution >= 4 is 11.5 Å². The van der Waals surface area contributed by atoms with Gasteiger partial charge in [0.1, 0.15) is 0 Å². The number of allylic oxidation sites excluding steroid dienone is 1. The summed E-state index contributed by atoms with van der Waals surface area (Å²) in [5.74, 6) is 0. The number of aryl methyl sites for hydroxylation is 1.